The summed E-state index contributed by atoms with van der Waals surface area (Å²) < 4.78 is 19.1. The third-order valence-electron chi connectivity index (χ3n) is 3.25. The Morgan fingerprint density at radius 2 is 1.90 bits per heavy atom. The number of nitrogens with one attached hydrogen (secondary N) is 1. The highest BCUT2D eigenvalue weighted by atomic mass is 19.1. The molecule has 7 heteroatoms. The maximum absolute atomic E-state index is 13.6. The van der Waals surface area contributed by atoms with Gasteiger partial charge < -0.3 is 15.0 Å². The van der Waals surface area contributed by atoms with Crippen molar-refractivity contribution >= 4 is 11.9 Å². The van der Waals surface area contributed by atoms with E-state index >= 15 is 0 Å². The fraction of sp³-hybridized carbons (Fsp3) is 0.357. The number of ether oxygens (including phenoxy) is 1. The summed E-state index contributed by atoms with van der Waals surface area (Å²) in [7, 11) is 1.72. The van der Waals surface area contributed by atoms with Crippen LogP contribution in [0.15, 0.2) is 24.3 Å². The summed E-state index contributed by atoms with van der Waals surface area (Å²) in [5, 5.41) is 2.87. The summed E-state index contributed by atoms with van der Waals surface area (Å²) in [6.45, 7) is 1.82. The zero-order valence-corrected chi connectivity index (χ0v) is 11.7. The van der Waals surface area contributed by atoms with Crippen LogP contribution >= 0.6 is 0 Å². The second kappa shape index (κ2) is 5.90. The molecule has 2 aromatic rings. The van der Waals surface area contributed by atoms with E-state index in [9.17, 15) is 4.39 Å². The standard InChI is InChI=1S/C14H16FN5O/c1-16-12-17-13(20-8-4-5-9-20)19-14(18-12)21-11-7-3-2-6-10(11)15/h2-3,6-7H,4-5,8-9H2,1H3,(H,16,17,18,19). The van der Waals surface area contributed by atoms with Crippen LogP contribution in [0.5, 0.6) is 11.8 Å². The van der Waals surface area contributed by atoms with Crippen LogP contribution < -0.4 is 15.0 Å². The molecule has 0 aliphatic carbocycles. The predicted octanol–water partition coefficient (Wildman–Crippen LogP) is 2.44. The summed E-state index contributed by atoms with van der Waals surface area (Å²) in [4.78, 5) is 14.8. The van der Waals surface area contributed by atoms with Crippen molar-refractivity contribution in [3.63, 3.8) is 0 Å². The fourth-order valence-electron chi connectivity index (χ4n) is 2.19. The Kier molecular flexibility index (Phi) is 3.81. The Balaban J connectivity index is 1.90. The van der Waals surface area contributed by atoms with Gasteiger partial charge in [-0.05, 0) is 25.0 Å². The van der Waals surface area contributed by atoms with Gasteiger partial charge >= 0.3 is 6.01 Å². The topological polar surface area (TPSA) is 63.2 Å². The number of aromatic nitrogens is 3. The van der Waals surface area contributed by atoms with Gasteiger partial charge in [-0.25, -0.2) is 4.39 Å². The van der Waals surface area contributed by atoms with Crippen molar-refractivity contribution in [1.29, 1.82) is 0 Å². The van der Waals surface area contributed by atoms with Crippen molar-refractivity contribution in [3.05, 3.63) is 30.1 Å². The van der Waals surface area contributed by atoms with Crippen LogP contribution in [0.4, 0.5) is 16.3 Å². The number of nitrogens with zero attached hydrogens (tertiary/aromatic N) is 4. The minimum absolute atomic E-state index is 0.0846. The maximum atomic E-state index is 13.6. The van der Waals surface area contributed by atoms with Gasteiger partial charge in [0.25, 0.3) is 0 Å². The van der Waals surface area contributed by atoms with Crippen LogP contribution in [0, 0.1) is 5.82 Å². The summed E-state index contributed by atoms with van der Waals surface area (Å²) in [6, 6.07) is 6.25. The molecule has 1 fully saturated rings. The first-order chi connectivity index (χ1) is 10.3. The fourth-order valence-corrected chi connectivity index (χ4v) is 2.19. The Hall–Kier alpha value is -2.44. The number of hydrogen-bond acceptors (Lipinski definition) is 6. The van der Waals surface area contributed by atoms with Gasteiger partial charge in [0.15, 0.2) is 11.6 Å². The highest BCUT2D eigenvalue weighted by Gasteiger charge is 2.18. The number of para-hydroxylation sites is 1. The quantitative estimate of drug-likeness (QED) is 0.932. The van der Waals surface area contributed by atoms with Gasteiger partial charge in [0.05, 0.1) is 0 Å². The first-order valence-corrected chi connectivity index (χ1v) is 6.87. The Morgan fingerprint density at radius 1 is 1.14 bits per heavy atom. The van der Waals surface area contributed by atoms with E-state index in [1.807, 2.05) is 0 Å². The van der Waals surface area contributed by atoms with Gasteiger partial charge in [0.1, 0.15) is 0 Å². The van der Waals surface area contributed by atoms with Crippen LogP contribution in [0.3, 0.4) is 0 Å². The molecule has 1 aliphatic heterocycles. The van der Waals surface area contributed by atoms with Crippen molar-refractivity contribution in [2.75, 3.05) is 30.4 Å². The van der Waals surface area contributed by atoms with Crippen LogP contribution in [0.1, 0.15) is 12.8 Å². The zero-order valence-electron chi connectivity index (χ0n) is 11.7. The average Bonchev–Trinajstić information content (AvgIpc) is 3.04. The Labute approximate surface area is 122 Å². The van der Waals surface area contributed by atoms with Crippen molar-refractivity contribution in [2.24, 2.45) is 0 Å². The first-order valence-electron chi connectivity index (χ1n) is 6.87. The molecule has 2 heterocycles. The molecule has 21 heavy (non-hydrogen) atoms. The average molecular weight is 289 g/mol. The highest BCUT2D eigenvalue weighted by molar-refractivity contribution is 5.39. The number of halogens is 1. The lowest BCUT2D eigenvalue weighted by Crippen LogP contribution is -2.21. The monoisotopic (exact) mass is 289 g/mol. The second-order valence-electron chi connectivity index (χ2n) is 4.72. The molecule has 1 aliphatic rings. The van der Waals surface area contributed by atoms with E-state index in [0.717, 1.165) is 25.9 Å². The van der Waals surface area contributed by atoms with Gasteiger partial charge in [-0.2, -0.15) is 15.0 Å². The van der Waals surface area contributed by atoms with Crippen LogP contribution in [-0.2, 0) is 0 Å². The molecule has 0 saturated carbocycles. The third-order valence-corrected chi connectivity index (χ3v) is 3.25. The second-order valence-corrected chi connectivity index (χ2v) is 4.72. The van der Waals surface area contributed by atoms with E-state index < -0.39 is 5.82 Å². The van der Waals surface area contributed by atoms with E-state index in [1.165, 1.54) is 12.1 Å². The molecule has 6 nitrogen and oxygen atoms in total. The minimum atomic E-state index is -0.452. The van der Waals surface area contributed by atoms with Gasteiger partial charge in [-0.3, -0.25) is 0 Å². The molecule has 0 unspecified atom stereocenters. The molecule has 0 atom stereocenters. The Bertz CT molecular complexity index is 631. The normalized spacial score (nSPS) is 14.3. The lowest BCUT2D eigenvalue weighted by molar-refractivity contribution is 0.410. The van der Waals surface area contributed by atoms with E-state index in [2.05, 4.69) is 25.2 Å². The molecule has 1 aromatic heterocycles. The van der Waals surface area contributed by atoms with Crippen molar-refractivity contribution in [3.8, 4) is 11.8 Å². The summed E-state index contributed by atoms with van der Waals surface area (Å²) >= 11 is 0. The molecule has 1 saturated heterocycles. The smallest absolute Gasteiger partial charge is 0.328 e. The highest BCUT2D eigenvalue weighted by Crippen LogP contribution is 2.24. The lowest BCUT2D eigenvalue weighted by Gasteiger charge is -2.16. The van der Waals surface area contributed by atoms with Gasteiger partial charge in [0.2, 0.25) is 11.9 Å². The molecular weight excluding hydrogens is 273 g/mol. The summed E-state index contributed by atoms with van der Waals surface area (Å²) in [5.74, 6) is 0.598. The van der Waals surface area contributed by atoms with Crippen LogP contribution in [0.25, 0.3) is 0 Å². The summed E-state index contributed by atoms with van der Waals surface area (Å²) in [6.07, 6.45) is 2.23. The van der Waals surface area contributed by atoms with Gasteiger partial charge in [-0.15, -0.1) is 0 Å². The van der Waals surface area contributed by atoms with Crippen molar-refractivity contribution in [1.82, 2.24) is 15.0 Å². The van der Waals surface area contributed by atoms with Crippen molar-refractivity contribution in [2.45, 2.75) is 12.8 Å². The zero-order chi connectivity index (χ0) is 14.7. The Morgan fingerprint density at radius 3 is 2.62 bits per heavy atom. The minimum Gasteiger partial charge on any atom is -0.421 e. The van der Waals surface area contributed by atoms with E-state index in [4.69, 9.17) is 4.74 Å². The molecule has 1 N–H and O–H groups in total. The lowest BCUT2D eigenvalue weighted by atomic mass is 10.3. The number of rotatable bonds is 4. The van der Waals surface area contributed by atoms with E-state index in [1.54, 1.807) is 19.2 Å². The third kappa shape index (κ3) is 3.01. The molecule has 110 valence electrons. The maximum Gasteiger partial charge on any atom is 0.328 e. The molecule has 0 bridgehead atoms. The predicted molar refractivity (Wildman–Crippen MR) is 77.3 cm³/mol. The molecule has 0 amide bonds. The van der Waals surface area contributed by atoms with Crippen LogP contribution in [-0.4, -0.2) is 35.1 Å². The first kappa shape index (κ1) is 13.5. The van der Waals surface area contributed by atoms with Crippen LogP contribution in [0.2, 0.25) is 0 Å². The largest absolute Gasteiger partial charge is 0.421 e. The van der Waals surface area contributed by atoms with Gasteiger partial charge in [-0.1, -0.05) is 12.1 Å². The number of hydrogen-bond donors (Lipinski definition) is 1. The number of benzene rings is 1. The molecule has 0 radical (unpaired) electrons. The SMILES string of the molecule is CNc1nc(Oc2ccccc2F)nc(N2CCCC2)n1. The molecular formula is C14H16FN5O. The molecule has 1 aromatic carbocycles. The molecule has 0 spiro atoms. The van der Waals surface area contributed by atoms with Crippen molar-refractivity contribution < 1.29 is 9.13 Å². The summed E-state index contributed by atoms with van der Waals surface area (Å²) in [5.41, 5.74) is 0. The number of anilines is 2. The molecule has 3 rings (SSSR count). The van der Waals surface area contributed by atoms with E-state index in [-0.39, 0.29) is 11.8 Å². The van der Waals surface area contributed by atoms with E-state index in [0.29, 0.717) is 11.9 Å². The van der Waals surface area contributed by atoms with Gasteiger partial charge in [0, 0.05) is 20.1 Å².